The first-order valence-corrected chi connectivity index (χ1v) is 6.14. The molecule has 2 rings (SSSR count). The number of likely N-dealkylation sites (tertiary alicyclic amines) is 1. The predicted octanol–water partition coefficient (Wildman–Crippen LogP) is 1.70. The quantitative estimate of drug-likeness (QED) is 0.744. The van der Waals surface area contributed by atoms with Crippen LogP contribution < -0.4 is 5.73 Å². The SMILES string of the molecule is CC(C)C(N)CN1CC2CCCC2C1. The van der Waals surface area contributed by atoms with E-state index in [1.165, 1.54) is 32.4 Å². The Bertz CT molecular complexity index is 179. The summed E-state index contributed by atoms with van der Waals surface area (Å²) < 4.78 is 0. The van der Waals surface area contributed by atoms with Crippen molar-refractivity contribution in [1.82, 2.24) is 4.90 Å². The maximum atomic E-state index is 6.10. The van der Waals surface area contributed by atoms with Crippen LogP contribution in [0.5, 0.6) is 0 Å². The summed E-state index contributed by atoms with van der Waals surface area (Å²) in [6.45, 7) is 8.21. The van der Waals surface area contributed by atoms with Gasteiger partial charge in [0, 0.05) is 25.7 Å². The minimum atomic E-state index is 0.369. The molecule has 0 aromatic heterocycles. The lowest BCUT2D eigenvalue weighted by Crippen LogP contribution is -2.40. The smallest absolute Gasteiger partial charge is 0.0191 e. The minimum Gasteiger partial charge on any atom is -0.326 e. The van der Waals surface area contributed by atoms with E-state index in [4.69, 9.17) is 5.73 Å². The van der Waals surface area contributed by atoms with Gasteiger partial charge in [-0.15, -0.1) is 0 Å². The fraction of sp³-hybridized carbons (Fsp3) is 1.00. The molecule has 1 heterocycles. The Hall–Kier alpha value is -0.0800. The van der Waals surface area contributed by atoms with Gasteiger partial charge < -0.3 is 10.6 Å². The van der Waals surface area contributed by atoms with Gasteiger partial charge in [0.25, 0.3) is 0 Å². The van der Waals surface area contributed by atoms with E-state index in [0.717, 1.165) is 18.4 Å². The van der Waals surface area contributed by atoms with E-state index < -0.39 is 0 Å². The first-order chi connectivity index (χ1) is 6.66. The van der Waals surface area contributed by atoms with Gasteiger partial charge in [-0.3, -0.25) is 0 Å². The summed E-state index contributed by atoms with van der Waals surface area (Å²) in [6, 6.07) is 0.369. The zero-order valence-corrected chi connectivity index (χ0v) is 9.58. The standard InChI is InChI=1S/C12H24N2/c1-9(2)12(13)8-14-6-10-4-3-5-11(10)7-14/h9-12H,3-8,13H2,1-2H3. The van der Waals surface area contributed by atoms with Crippen molar-refractivity contribution >= 4 is 0 Å². The van der Waals surface area contributed by atoms with E-state index in [1.807, 2.05) is 0 Å². The summed E-state index contributed by atoms with van der Waals surface area (Å²) in [6.07, 6.45) is 4.41. The van der Waals surface area contributed by atoms with Crippen LogP contribution in [0.4, 0.5) is 0 Å². The molecule has 0 aromatic carbocycles. The third-order valence-electron chi connectivity index (χ3n) is 4.13. The molecule has 0 amide bonds. The molecule has 2 heteroatoms. The first-order valence-electron chi connectivity index (χ1n) is 6.14. The Morgan fingerprint density at radius 1 is 1.21 bits per heavy atom. The molecular formula is C12H24N2. The zero-order valence-electron chi connectivity index (χ0n) is 9.58. The molecule has 0 aromatic rings. The maximum Gasteiger partial charge on any atom is 0.0191 e. The molecule has 1 saturated heterocycles. The van der Waals surface area contributed by atoms with Crippen molar-refractivity contribution in [1.29, 1.82) is 0 Å². The van der Waals surface area contributed by atoms with Crippen molar-refractivity contribution in [2.24, 2.45) is 23.5 Å². The van der Waals surface area contributed by atoms with E-state index in [9.17, 15) is 0 Å². The highest BCUT2D eigenvalue weighted by molar-refractivity contribution is 4.89. The lowest BCUT2D eigenvalue weighted by molar-refractivity contribution is 0.266. The molecule has 0 radical (unpaired) electrons. The van der Waals surface area contributed by atoms with Crippen LogP contribution in [0.2, 0.25) is 0 Å². The predicted molar refractivity (Wildman–Crippen MR) is 60.1 cm³/mol. The second-order valence-corrected chi connectivity index (χ2v) is 5.58. The van der Waals surface area contributed by atoms with Gasteiger partial charge in [0.05, 0.1) is 0 Å². The lowest BCUT2D eigenvalue weighted by atomic mass is 10.0. The van der Waals surface area contributed by atoms with Gasteiger partial charge in [-0.2, -0.15) is 0 Å². The molecule has 2 N–H and O–H groups in total. The van der Waals surface area contributed by atoms with Gasteiger partial charge >= 0.3 is 0 Å². The van der Waals surface area contributed by atoms with Crippen LogP contribution in [0, 0.1) is 17.8 Å². The highest BCUT2D eigenvalue weighted by atomic mass is 15.2. The van der Waals surface area contributed by atoms with Gasteiger partial charge in [-0.1, -0.05) is 20.3 Å². The maximum absolute atomic E-state index is 6.10. The topological polar surface area (TPSA) is 29.3 Å². The lowest BCUT2D eigenvalue weighted by Gasteiger charge is -2.23. The molecule has 1 aliphatic heterocycles. The number of fused-ring (bicyclic) bond motifs is 1. The van der Waals surface area contributed by atoms with Crippen molar-refractivity contribution in [2.45, 2.75) is 39.2 Å². The first kappa shape index (κ1) is 10.4. The average Bonchev–Trinajstić information content (AvgIpc) is 2.63. The summed E-state index contributed by atoms with van der Waals surface area (Å²) in [5.74, 6) is 2.64. The van der Waals surface area contributed by atoms with E-state index in [1.54, 1.807) is 0 Å². The molecule has 1 saturated carbocycles. The second-order valence-electron chi connectivity index (χ2n) is 5.58. The molecule has 2 nitrogen and oxygen atoms in total. The van der Waals surface area contributed by atoms with Gasteiger partial charge in [0.1, 0.15) is 0 Å². The van der Waals surface area contributed by atoms with Gasteiger partial charge in [-0.25, -0.2) is 0 Å². The van der Waals surface area contributed by atoms with E-state index >= 15 is 0 Å². The van der Waals surface area contributed by atoms with E-state index in [-0.39, 0.29) is 0 Å². The largest absolute Gasteiger partial charge is 0.326 e. The molecule has 1 aliphatic carbocycles. The molecule has 3 unspecified atom stereocenters. The van der Waals surface area contributed by atoms with Crippen LogP contribution in [0.25, 0.3) is 0 Å². The van der Waals surface area contributed by atoms with Crippen molar-refractivity contribution in [2.75, 3.05) is 19.6 Å². The van der Waals surface area contributed by atoms with E-state index in [2.05, 4.69) is 18.7 Å². The van der Waals surface area contributed by atoms with Crippen molar-refractivity contribution in [3.8, 4) is 0 Å². The van der Waals surface area contributed by atoms with Crippen LogP contribution in [0.3, 0.4) is 0 Å². The van der Waals surface area contributed by atoms with Crippen LogP contribution in [-0.2, 0) is 0 Å². The van der Waals surface area contributed by atoms with E-state index in [0.29, 0.717) is 12.0 Å². The van der Waals surface area contributed by atoms with Crippen LogP contribution in [-0.4, -0.2) is 30.6 Å². The summed E-state index contributed by atoms with van der Waals surface area (Å²) in [5, 5.41) is 0. The minimum absolute atomic E-state index is 0.369. The Kier molecular flexibility index (Phi) is 3.13. The fourth-order valence-electron chi connectivity index (χ4n) is 2.99. The highest BCUT2D eigenvalue weighted by Gasteiger charge is 2.36. The summed E-state index contributed by atoms with van der Waals surface area (Å²) in [7, 11) is 0. The molecule has 14 heavy (non-hydrogen) atoms. The number of hydrogen-bond donors (Lipinski definition) is 1. The van der Waals surface area contributed by atoms with Gasteiger partial charge in [-0.05, 0) is 30.6 Å². The summed E-state index contributed by atoms with van der Waals surface area (Å²) in [5.41, 5.74) is 6.10. The van der Waals surface area contributed by atoms with Gasteiger partial charge in [0.15, 0.2) is 0 Å². The number of nitrogens with two attached hydrogens (primary N) is 1. The molecule has 0 bridgehead atoms. The van der Waals surface area contributed by atoms with Crippen LogP contribution in [0.15, 0.2) is 0 Å². The Morgan fingerprint density at radius 2 is 1.79 bits per heavy atom. The second kappa shape index (κ2) is 4.19. The number of nitrogens with zero attached hydrogens (tertiary/aromatic N) is 1. The average molecular weight is 196 g/mol. The van der Waals surface area contributed by atoms with Crippen molar-refractivity contribution in [3.63, 3.8) is 0 Å². The Morgan fingerprint density at radius 3 is 2.29 bits per heavy atom. The fourth-order valence-corrected chi connectivity index (χ4v) is 2.99. The van der Waals surface area contributed by atoms with Crippen LogP contribution >= 0.6 is 0 Å². The van der Waals surface area contributed by atoms with Crippen LogP contribution in [0.1, 0.15) is 33.1 Å². The summed E-state index contributed by atoms with van der Waals surface area (Å²) in [4.78, 5) is 2.60. The molecular weight excluding hydrogens is 172 g/mol. The van der Waals surface area contributed by atoms with Crippen molar-refractivity contribution < 1.29 is 0 Å². The molecule has 2 fully saturated rings. The normalized spacial score (nSPS) is 35.1. The Labute approximate surface area is 87.8 Å². The molecule has 0 spiro atoms. The third-order valence-corrected chi connectivity index (χ3v) is 4.13. The number of hydrogen-bond acceptors (Lipinski definition) is 2. The highest BCUT2D eigenvalue weighted by Crippen LogP contribution is 2.37. The Balaban J connectivity index is 1.79. The molecule has 82 valence electrons. The monoisotopic (exact) mass is 196 g/mol. The number of rotatable bonds is 3. The molecule has 2 aliphatic rings. The zero-order chi connectivity index (χ0) is 10.1. The van der Waals surface area contributed by atoms with Crippen molar-refractivity contribution in [3.05, 3.63) is 0 Å². The summed E-state index contributed by atoms with van der Waals surface area (Å²) >= 11 is 0. The van der Waals surface area contributed by atoms with Gasteiger partial charge in [0.2, 0.25) is 0 Å². The molecule has 3 atom stereocenters. The third kappa shape index (κ3) is 2.12.